The Labute approximate surface area is 144 Å². The molecule has 2 heterocycles. The monoisotopic (exact) mass is 331 g/mol. The molecular weight excluding hydrogens is 302 g/mol. The van der Waals surface area contributed by atoms with E-state index in [4.69, 9.17) is 0 Å². The van der Waals surface area contributed by atoms with Crippen molar-refractivity contribution in [1.29, 1.82) is 0 Å². The third-order valence-electron chi connectivity index (χ3n) is 5.25. The van der Waals surface area contributed by atoms with Gasteiger partial charge in [0.2, 0.25) is 0 Å². The molecule has 2 aliphatic heterocycles. The van der Waals surface area contributed by atoms with Crippen LogP contribution in [0.5, 0.6) is 0 Å². The molecule has 2 fully saturated rings. The predicted molar refractivity (Wildman–Crippen MR) is 94.8 cm³/mol. The zero-order valence-electron chi connectivity index (χ0n) is 14.6. The first-order valence-electron chi connectivity index (χ1n) is 9.11. The van der Waals surface area contributed by atoms with E-state index in [9.17, 15) is 9.90 Å². The number of benzene rings is 1. The molecule has 0 saturated carbocycles. The summed E-state index contributed by atoms with van der Waals surface area (Å²) in [5.41, 5.74) is 2.67. The van der Waals surface area contributed by atoms with Crippen molar-refractivity contribution in [3.63, 3.8) is 0 Å². The van der Waals surface area contributed by atoms with Crippen molar-refractivity contribution in [2.45, 2.75) is 51.2 Å². The molecule has 1 unspecified atom stereocenters. The number of urea groups is 1. The molecule has 0 aliphatic carbocycles. The van der Waals surface area contributed by atoms with E-state index in [-0.39, 0.29) is 24.7 Å². The smallest absolute Gasteiger partial charge is 0.317 e. The quantitative estimate of drug-likeness (QED) is 0.889. The number of amides is 2. The molecular formula is C19H29N3O2. The summed E-state index contributed by atoms with van der Waals surface area (Å²) in [5.74, 6) is 0. The number of aliphatic hydroxyl groups is 1. The minimum atomic E-state index is 0.00341. The average Bonchev–Trinajstić information content (AvgIpc) is 3.05. The van der Waals surface area contributed by atoms with Gasteiger partial charge in [-0.3, -0.25) is 4.90 Å². The lowest BCUT2D eigenvalue weighted by Gasteiger charge is -2.34. The lowest BCUT2D eigenvalue weighted by Crippen LogP contribution is -2.50. The molecule has 0 spiro atoms. The zero-order valence-corrected chi connectivity index (χ0v) is 14.6. The molecule has 1 atom stereocenters. The Bertz CT molecular complexity index is 555. The first-order chi connectivity index (χ1) is 11.7. The Balaban J connectivity index is 1.44. The van der Waals surface area contributed by atoms with Crippen molar-refractivity contribution in [2.24, 2.45) is 0 Å². The van der Waals surface area contributed by atoms with Crippen LogP contribution in [0.25, 0.3) is 0 Å². The summed E-state index contributed by atoms with van der Waals surface area (Å²) in [6, 6.07) is 8.94. The van der Waals surface area contributed by atoms with Gasteiger partial charge in [-0.2, -0.15) is 0 Å². The van der Waals surface area contributed by atoms with Crippen LogP contribution < -0.4 is 5.32 Å². The molecule has 1 aromatic rings. The summed E-state index contributed by atoms with van der Waals surface area (Å²) in [4.78, 5) is 16.6. The molecule has 1 aromatic carbocycles. The molecule has 3 rings (SSSR count). The van der Waals surface area contributed by atoms with Gasteiger partial charge < -0.3 is 15.3 Å². The van der Waals surface area contributed by atoms with Crippen molar-refractivity contribution in [3.05, 3.63) is 35.4 Å². The van der Waals surface area contributed by atoms with Gasteiger partial charge in [-0.25, -0.2) is 4.79 Å². The number of piperidine rings is 1. The van der Waals surface area contributed by atoms with Gasteiger partial charge in [-0.15, -0.1) is 0 Å². The number of likely N-dealkylation sites (tertiary alicyclic amines) is 2. The third-order valence-corrected chi connectivity index (χ3v) is 5.25. The summed E-state index contributed by atoms with van der Waals surface area (Å²) in [5, 5.41) is 12.5. The zero-order chi connectivity index (χ0) is 16.9. The second-order valence-corrected chi connectivity index (χ2v) is 7.16. The van der Waals surface area contributed by atoms with Crippen LogP contribution in [-0.4, -0.2) is 59.3 Å². The predicted octanol–water partition coefficient (Wildman–Crippen LogP) is 2.13. The first-order valence-corrected chi connectivity index (χ1v) is 9.11. The van der Waals surface area contributed by atoms with E-state index >= 15 is 0 Å². The Morgan fingerprint density at radius 1 is 1.25 bits per heavy atom. The summed E-state index contributed by atoms with van der Waals surface area (Å²) in [7, 11) is 0. The summed E-state index contributed by atoms with van der Waals surface area (Å²) >= 11 is 0. The van der Waals surface area contributed by atoms with Crippen molar-refractivity contribution >= 4 is 6.03 Å². The van der Waals surface area contributed by atoms with Crippen molar-refractivity contribution in [3.8, 4) is 0 Å². The number of rotatable bonds is 4. The summed E-state index contributed by atoms with van der Waals surface area (Å²) in [6.07, 6.45) is 3.90. The number of aryl methyl sites for hydroxylation is 1. The maximum atomic E-state index is 12.4. The molecule has 0 aromatic heterocycles. The lowest BCUT2D eigenvalue weighted by atomic mass is 10.0. The summed E-state index contributed by atoms with van der Waals surface area (Å²) < 4.78 is 0. The van der Waals surface area contributed by atoms with Crippen LogP contribution in [0.4, 0.5) is 4.79 Å². The van der Waals surface area contributed by atoms with Crippen LogP contribution in [0.2, 0.25) is 0 Å². The third kappa shape index (κ3) is 4.28. The van der Waals surface area contributed by atoms with Crippen LogP contribution in [0.15, 0.2) is 24.3 Å². The molecule has 5 nitrogen and oxygen atoms in total. The minimum Gasteiger partial charge on any atom is -0.394 e. The number of nitrogens with one attached hydrogen (secondary N) is 1. The summed E-state index contributed by atoms with van der Waals surface area (Å²) in [6.45, 7) is 5.99. The highest BCUT2D eigenvalue weighted by Gasteiger charge is 2.30. The van der Waals surface area contributed by atoms with Crippen LogP contribution in [0.1, 0.15) is 36.8 Å². The Morgan fingerprint density at radius 3 is 2.75 bits per heavy atom. The topological polar surface area (TPSA) is 55.8 Å². The Kier molecular flexibility index (Phi) is 5.74. The molecule has 132 valence electrons. The number of nitrogens with zero attached hydrogens (tertiary/aromatic N) is 2. The van der Waals surface area contributed by atoms with Gasteiger partial charge in [0.25, 0.3) is 0 Å². The maximum absolute atomic E-state index is 12.4. The lowest BCUT2D eigenvalue weighted by molar-refractivity contribution is 0.145. The van der Waals surface area contributed by atoms with Gasteiger partial charge in [-0.05, 0) is 38.2 Å². The maximum Gasteiger partial charge on any atom is 0.317 e. The van der Waals surface area contributed by atoms with Gasteiger partial charge in [-0.1, -0.05) is 29.8 Å². The molecule has 24 heavy (non-hydrogen) atoms. The van der Waals surface area contributed by atoms with Gasteiger partial charge in [0.15, 0.2) is 0 Å². The normalized spacial score (nSPS) is 22.8. The van der Waals surface area contributed by atoms with Crippen LogP contribution in [-0.2, 0) is 6.54 Å². The number of aliphatic hydroxyl groups excluding tert-OH is 1. The second-order valence-electron chi connectivity index (χ2n) is 7.16. The molecule has 0 bridgehead atoms. The fraction of sp³-hybridized carbons (Fsp3) is 0.632. The molecule has 2 amide bonds. The molecule has 2 N–H and O–H groups in total. The number of carbonyl (C=O) groups is 1. The van der Waals surface area contributed by atoms with Gasteiger partial charge in [0.05, 0.1) is 12.6 Å². The van der Waals surface area contributed by atoms with Crippen molar-refractivity contribution in [2.75, 3.05) is 26.2 Å². The van der Waals surface area contributed by atoms with E-state index in [0.717, 1.165) is 51.9 Å². The highest BCUT2D eigenvalue weighted by Crippen LogP contribution is 2.19. The number of carbonyl (C=O) groups excluding carboxylic acids is 1. The van der Waals surface area contributed by atoms with E-state index in [1.54, 1.807) is 4.90 Å². The van der Waals surface area contributed by atoms with Crippen LogP contribution in [0.3, 0.4) is 0 Å². The van der Waals surface area contributed by atoms with E-state index < -0.39 is 0 Å². The first kappa shape index (κ1) is 17.2. The SMILES string of the molecule is Cc1cccc(CN2CCC(NC(=O)N3CCCC3CO)CC2)c1. The standard InChI is InChI=1S/C19H29N3O2/c1-15-4-2-5-16(12-15)13-21-10-7-17(8-11-21)20-19(24)22-9-3-6-18(22)14-23/h2,4-5,12,17-18,23H,3,6-11,13-14H2,1H3,(H,20,24). The van der Waals surface area contributed by atoms with Gasteiger partial charge in [0, 0.05) is 32.2 Å². The highest BCUT2D eigenvalue weighted by atomic mass is 16.3. The van der Waals surface area contributed by atoms with Crippen molar-refractivity contribution < 1.29 is 9.90 Å². The van der Waals surface area contributed by atoms with Crippen molar-refractivity contribution in [1.82, 2.24) is 15.1 Å². The van der Waals surface area contributed by atoms with Crippen LogP contribution >= 0.6 is 0 Å². The van der Waals surface area contributed by atoms with E-state index in [1.807, 2.05) is 0 Å². The second kappa shape index (κ2) is 7.99. The average molecular weight is 331 g/mol. The van der Waals surface area contributed by atoms with E-state index in [2.05, 4.69) is 41.4 Å². The molecule has 2 saturated heterocycles. The largest absolute Gasteiger partial charge is 0.394 e. The van der Waals surface area contributed by atoms with Gasteiger partial charge >= 0.3 is 6.03 Å². The fourth-order valence-corrected chi connectivity index (χ4v) is 3.85. The number of hydrogen-bond donors (Lipinski definition) is 2. The fourth-order valence-electron chi connectivity index (χ4n) is 3.85. The van der Waals surface area contributed by atoms with Gasteiger partial charge in [0.1, 0.15) is 0 Å². The van der Waals surface area contributed by atoms with E-state index in [0.29, 0.717) is 0 Å². The Morgan fingerprint density at radius 2 is 2.04 bits per heavy atom. The Hall–Kier alpha value is -1.59. The molecule has 5 heteroatoms. The highest BCUT2D eigenvalue weighted by molar-refractivity contribution is 5.75. The van der Waals surface area contributed by atoms with Crippen LogP contribution in [0, 0.1) is 6.92 Å². The molecule has 2 aliphatic rings. The van der Waals surface area contributed by atoms with E-state index in [1.165, 1.54) is 11.1 Å². The minimum absolute atomic E-state index is 0.00341. The number of hydrogen-bond acceptors (Lipinski definition) is 3. The molecule has 0 radical (unpaired) electrons.